The molecule has 4 heteroatoms. The summed E-state index contributed by atoms with van der Waals surface area (Å²) < 4.78 is 1.64. The molecule has 1 aromatic heterocycles. The lowest BCUT2D eigenvalue weighted by Gasteiger charge is -1.91. The molecule has 0 saturated carbocycles. The minimum Gasteiger partial charge on any atom is -0.383 e. The van der Waals surface area contributed by atoms with Crippen LogP contribution < -0.4 is 5.73 Å². The van der Waals surface area contributed by atoms with Crippen molar-refractivity contribution < 1.29 is 0 Å². The summed E-state index contributed by atoms with van der Waals surface area (Å²) in [6.45, 7) is 0. The van der Waals surface area contributed by atoms with Gasteiger partial charge in [-0.25, -0.2) is 0 Å². The van der Waals surface area contributed by atoms with Crippen LogP contribution >= 0.6 is 11.6 Å². The molecule has 2 N–H and O–H groups in total. The summed E-state index contributed by atoms with van der Waals surface area (Å²) in [5.41, 5.74) is 6.62. The highest BCUT2D eigenvalue weighted by molar-refractivity contribution is 6.31. The third-order valence-corrected chi connectivity index (χ3v) is 2.08. The third-order valence-electron chi connectivity index (χ3n) is 1.84. The quantitative estimate of drug-likeness (QED) is 0.674. The Morgan fingerprint density at radius 3 is 3.00 bits per heavy atom. The molecule has 0 fully saturated rings. The van der Waals surface area contributed by atoms with E-state index < -0.39 is 0 Å². The summed E-state index contributed by atoms with van der Waals surface area (Å²) in [6.07, 6.45) is 0. The summed E-state index contributed by atoms with van der Waals surface area (Å²) in [5.74, 6) is 0.646. The van der Waals surface area contributed by atoms with Crippen molar-refractivity contribution >= 4 is 28.3 Å². The van der Waals surface area contributed by atoms with Crippen LogP contribution in [-0.4, -0.2) is 9.78 Å². The summed E-state index contributed by atoms with van der Waals surface area (Å²) in [5, 5.41) is 5.78. The van der Waals surface area contributed by atoms with Gasteiger partial charge in [-0.05, 0) is 18.2 Å². The van der Waals surface area contributed by atoms with Gasteiger partial charge in [0.25, 0.3) is 0 Å². The van der Waals surface area contributed by atoms with E-state index in [1.165, 1.54) is 0 Å². The van der Waals surface area contributed by atoms with E-state index in [2.05, 4.69) is 5.10 Å². The lowest BCUT2D eigenvalue weighted by molar-refractivity contribution is 0.791. The summed E-state index contributed by atoms with van der Waals surface area (Å²) in [4.78, 5) is 0. The van der Waals surface area contributed by atoms with Crippen LogP contribution in [0.4, 0.5) is 5.82 Å². The first kappa shape index (κ1) is 7.43. The number of nitrogens with two attached hydrogens (primary N) is 1. The minimum absolute atomic E-state index is 0.646. The fraction of sp³-hybridized carbons (Fsp3) is 0.125. The number of aromatic nitrogens is 2. The first-order valence-electron chi connectivity index (χ1n) is 3.56. The van der Waals surface area contributed by atoms with E-state index in [-0.39, 0.29) is 0 Å². The molecule has 62 valence electrons. The molecule has 0 saturated heterocycles. The van der Waals surface area contributed by atoms with E-state index in [9.17, 15) is 0 Å². The molecule has 12 heavy (non-hydrogen) atoms. The highest BCUT2D eigenvalue weighted by atomic mass is 35.5. The monoisotopic (exact) mass is 181 g/mol. The van der Waals surface area contributed by atoms with Crippen LogP contribution in [0, 0.1) is 0 Å². The van der Waals surface area contributed by atoms with Gasteiger partial charge in [-0.3, -0.25) is 4.68 Å². The number of anilines is 1. The molecule has 2 aromatic rings. The normalized spacial score (nSPS) is 10.8. The largest absolute Gasteiger partial charge is 0.383 e. The van der Waals surface area contributed by atoms with Crippen molar-refractivity contribution in [2.24, 2.45) is 7.05 Å². The number of nitrogens with zero attached hydrogens (tertiary/aromatic N) is 2. The zero-order valence-corrected chi connectivity index (χ0v) is 7.34. The zero-order chi connectivity index (χ0) is 8.72. The van der Waals surface area contributed by atoms with E-state index >= 15 is 0 Å². The van der Waals surface area contributed by atoms with Gasteiger partial charge in [0, 0.05) is 17.5 Å². The number of hydrogen-bond donors (Lipinski definition) is 1. The predicted molar refractivity (Wildman–Crippen MR) is 50.1 cm³/mol. The Hall–Kier alpha value is -1.22. The zero-order valence-electron chi connectivity index (χ0n) is 6.58. The molecule has 0 aliphatic carbocycles. The fourth-order valence-electron chi connectivity index (χ4n) is 1.19. The van der Waals surface area contributed by atoms with Gasteiger partial charge in [0.1, 0.15) is 5.82 Å². The van der Waals surface area contributed by atoms with Crippen molar-refractivity contribution in [1.82, 2.24) is 9.78 Å². The van der Waals surface area contributed by atoms with Crippen LogP contribution in [0.5, 0.6) is 0 Å². The average Bonchev–Trinajstić information content (AvgIpc) is 2.31. The Morgan fingerprint density at radius 2 is 2.25 bits per heavy atom. The standard InChI is InChI=1S/C8H8ClN3/c1-12-8(10)6-4-5(9)2-3-7(6)11-12/h2-4H,10H2,1H3. The van der Waals surface area contributed by atoms with Gasteiger partial charge in [-0.15, -0.1) is 0 Å². The molecule has 3 nitrogen and oxygen atoms in total. The van der Waals surface area contributed by atoms with Crippen molar-refractivity contribution in [3.63, 3.8) is 0 Å². The number of aryl methyl sites for hydroxylation is 1. The Morgan fingerprint density at radius 1 is 1.50 bits per heavy atom. The van der Waals surface area contributed by atoms with Crippen molar-refractivity contribution in [1.29, 1.82) is 0 Å². The van der Waals surface area contributed by atoms with E-state index in [0.29, 0.717) is 10.8 Å². The van der Waals surface area contributed by atoms with E-state index in [0.717, 1.165) is 10.9 Å². The summed E-state index contributed by atoms with van der Waals surface area (Å²) in [7, 11) is 1.81. The van der Waals surface area contributed by atoms with Gasteiger partial charge >= 0.3 is 0 Å². The highest BCUT2D eigenvalue weighted by Gasteiger charge is 2.04. The van der Waals surface area contributed by atoms with Crippen LogP contribution in [0.1, 0.15) is 0 Å². The first-order valence-corrected chi connectivity index (χ1v) is 3.94. The second kappa shape index (κ2) is 2.38. The van der Waals surface area contributed by atoms with Crippen LogP contribution in [0.25, 0.3) is 10.9 Å². The Balaban J connectivity index is 2.88. The molecular weight excluding hydrogens is 174 g/mol. The van der Waals surface area contributed by atoms with Gasteiger partial charge in [0.15, 0.2) is 0 Å². The molecule has 1 aromatic carbocycles. The Labute approximate surface area is 74.7 Å². The molecule has 0 aliphatic heterocycles. The van der Waals surface area contributed by atoms with Crippen LogP contribution in [0.2, 0.25) is 5.02 Å². The number of fused-ring (bicyclic) bond motifs is 1. The van der Waals surface area contributed by atoms with Gasteiger partial charge in [-0.2, -0.15) is 5.10 Å². The molecule has 0 spiro atoms. The van der Waals surface area contributed by atoms with E-state index in [1.807, 2.05) is 19.2 Å². The van der Waals surface area contributed by atoms with Crippen molar-refractivity contribution in [3.8, 4) is 0 Å². The lowest BCUT2D eigenvalue weighted by Crippen LogP contribution is -1.96. The number of benzene rings is 1. The van der Waals surface area contributed by atoms with E-state index in [1.54, 1.807) is 10.7 Å². The molecule has 0 unspecified atom stereocenters. The summed E-state index contributed by atoms with van der Waals surface area (Å²) >= 11 is 5.81. The second-order valence-electron chi connectivity index (χ2n) is 2.67. The van der Waals surface area contributed by atoms with Gasteiger partial charge < -0.3 is 5.73 Å². The van der Waals surface area contributed by atoms with Crippen LogP contribution in [0.3, 0.4) is 0 Å². The van der Waals surface area contributed by atoms with Crippen LogP contribution in [-0.2, 0) is 7.05 Å². The number of nitrogen functional groups attached to an aromatic ring is 1. The molecule has 0 atom stereocenters. The lowest BCUT2D eigenvalue weighted by atomic mass is 10.2. The maximum Gasteiger partial charge on any atom is 0.129 e. The van der Waals surface area contributed by atoms with Gasteiger partial charge in [0.2, 0.25) is 0 Å². The van der Waals surface area contributed by atoms with Gasteiger partial charge in [0.05, 0.1) is 5.52 Å². The van der Waals surface area contributed by atoms with E-state index in [4.69, 9.17) is 17.3 Å². The highest BCUT2D eigenvalue weighted by Crippen LogP contribution is 2.22. The Bertz CT molecular complexity index is 433. The van der Waals surface area contributed by atoms with Crippen molar-refractivity contribution in [3.05, 3.63) is 23.2 Å². The average molecular weight is 182 g/mol. The SMILES string of the molecule is Cn1nc2ccc(Cl)cc2c1N. The second-order valence-corrected chi connectivity index (χ2v) is 3.11. The molecular formula is C8H8ClN3. The van der Waals surface area contributed by atoms with Crippen molar-refractivity contribution in [2.45, 2.75) is 0 Å². The molecule has 0 aliphatic rings. The topological polar surface area (TPSA) is 43.8 Å². The number of rotatable bonds is 0. The molecule has 2 rings (SSSR count). The third kappa shape index (κ3) is 0.940. The smallest absolute Gasteiger partial charge is 0.129 e. The number of halogens is 1. The van der Waals surface area contributed by atoms with Gasteiger partial charge in [-0.1, -0.05) is 11.6 Å². The molecule has 0 amide bonds. The predicted octanol–water partition coefficient (Wildman–Crippen LogP) is 1.81. The first-order chi connectivity index (χ1) is 5.68. The Kier molecular flexibility index (Phi) is 1.48. The molecule has 1 heterocycles. The van der Waals surface area contributed by atoms with Crippen molar-refractivity contribution in [2.75, 3.05) is 5.73 Å². The maximum atomic E-state index is 5.81. The fourth-order valence-corrected chi connectivity index (χ4v) is 1.36. The minimum atomic E-state index is 0.646. The molecule has 0 radical (unpaired) electrons. The number of hydrogen-bond acceptors (Lipinski definition) is 2. The maximum absolute atomic E-state index is 5.81. The summed E-state index contributed by atoms with van der Waals surface area (Å²) in [6, 6.07) is 5.48. The van der Waals surface area contributed by atoms with Crippen LogP contribution in [0.15, 0.2) is 18.2 Å². The molecule has 0 bridgehead atoms.